The van der Waals surface area contributed by atoms with E-state index >= 15 is 0 Å². The molecule has 2 atom stereocenters. The first kappa shape index (κ1) is 15.7. The molecule has 1 aliphatic carbocycles. The summed E-state index contributed by atoms with van der Waals surface area (Å²) in [5.41, 5.74) is 6.52. The second-order valence-corrected chi connectivity index (χ2v) is 6.05. The maximum Gasteiger partial charge on any atom is 0.0662 e. The Hall–Kier alpha value is -0.380. The standard InChI is InChI=1S/C15H30N2O/c1-6-9-17(10-7-2)12-15(16)11-13(18-8-3)14(15,4)5/h6,13H,1,7-12,16H2,2-5H3. The molecular weight excluding hydrogens is 224 g/mol. The summed E-state index contributed by atoms with van der Waals surface area (Å²) in [4.78, 5) is 2.40. The van der Waals surface area contributed by atoms with E-state index in [4.69, 9.17) is 10.5 Å². The minimum Gasteiger partial charge on any atom is -0.378 e. The average molecular weight is 254 g/mol. The Balaban J connectivity index is 2.62. The van der Waals surface area contributed by atoms with E-state index < -0.39 is 0 Å². The summed E-state index contributed by atoms with van der Waals surface area (Å²) in [5.74, 6) is 0. The van der Waals surface area contributed by atoms with E-state index in [-0.39, 0.29) is 11.0 Å². The smallest absolute Gasteiger partial charge is 0.0662 e. The van der Waals surface area contributed by atoms with E-state index in [9.17, 15) is 0 Å². The highest BCUT2D eigenvalue weighted by Gasteiger charge is 2.58. The Morgan fingerprint density at radius 1 is 1.44 bits per heavy atom. The van der Waals surface area contributed by atoms with Crippen LogP contribution in [0.4, 0.5) is 0 Å². The minimum absolute atomic E-state index is 0.0518. The second-order valence-electron chi connectivity index (χ2n) is 6.05. The number of nitrogens with zero attached hydrogens (tertiary/aromatic N) is 1. The molecule has 0 aromatic heterocycles. The van der Waals surface area contributed by atoms with Crippen molar-refractivity contribution in [3.63, 3.8) is 0 Å². The lowest BCUT2D eigenvalue weighted by Gasteiger charge is -2.60. The lowest BCUT2D eigenvalue weighted by molar-refractivity contribution is -0.155. The van der Waals surface area contributed by atoms with Crippen molar-refractivity contribution in [3.05, 3.63) is 12.7 Å². The van der Waals surface area contributed by atoms with Gasteiger partial charge < -0.3 is 10.5 Å². The van der Waals surface area contributed by atoms with Gasteiger partial charge in [-0.25, -0.2) is 0 Å². The maximum atomic E-state index is 6.61. The Morgan fingerprint density at radius 2 is 2.11 bits per heavy atom. The van der Waals surface area contributed by atoms with Crippen LogP contribution in [0.5, 0.6) is 0 Å². The van der Waals surface area contributed by atoms with Crippen LogP contribution in [0.2, 0.25) is 0 Å². The van der Waals surface area contributed by atoms with Crippen LogP contribution in [0, 0.1) is 5.41 Å². The van der Waals surface area contributed by atoms with Crippen molar-refractivity contribution in [2.45, 2.75) is 52.2 Å². The van der Waals surface area contributed by atoms with E-state index in [1.54, 1.807) is 0 Å². The van der Waals surface area contributed by atoms with Gasteiger partial charge in [-0.05, 0) is 26.3 Å². The largest absolute Gasteiger partial charge is 0.378 e. The Labute approximate surface area is 112 Å². The molecule has 0 heterocycles. The third-order valence-corrected chi connectivity index (χ3v) is 4.44. The summed E-state index contributed by atoms with van der Waals surface area (Å²) in [7, 11) is 0. The van der Waals surface area contributed by atoms with Crippen LogP contribution in [-0.2, 0) is 4.74 Å². The molecule has 3 heteroatoms. The highest BCUT2D eigenvalue weighted by molar-refractivity contribution is 5.14. The van der Waals surface area contributed by atoms with Crippen LogP contribution >= 0.6 is 0 Å². The van der Waals surface area contributed by atoms with Crippen molar-refractivity contribution in [1.82, 2.24) is 4.90 Å². The molecule has 2 N–H and O–H groups in total. The van der Waals surface area contributed by atoms with Crippen LogP contribution in [0.15, 0.2) is 12.7 Å². The quantitative estimate of drug-likeness (QED) is 0.676. The molecular formula is C15H30N2O. The first-order valence-corrected chi connectivity index (χ1v) is 7.15. The summed E-state index contributed by atoms with van der Waals surface area (Å²) < 4.78 is 5.77. The Kier molecular flexibility index (Phi) is 5.38. The summed E-state index contributed by atoms with van der Waals surface area (Å²) in [6.07, 6.45) is 4.38. The molecule has 2 unspecified atom stereocenters. The van der Waals surface area contributed by atoms with Gasteiger partial charge in [0.15, 0.2) is 0 Å². The number of nitrogens with two attached hydrogens (primary N) is 1. The van der Waals surface area contributed by atoms with Gasteiger partial charge in [0.1, 0.15) is 0 Å². The molecule has 3 nitrogen and oxygen atoms in total. The van der Waals surface area contributed by atoms with Crippen LogP contribution < -0.4 is 5.73 Å². The molecule has 1 fully saturated rings. The molecule has 0 aliphatic heterocycles. The normalized spacial score (nSPS) is 30.2. The van der Waals surface area contributed by atoms with Gasteiger partial charge in [-0.3, -0.25) is 4.90 Å². The van der Waals surface area contributed by atoms with E-state index in [1.807, 2.05) is 13.0 Å². The van der Waals surface area contributed by atoms with Gasteiger partial charge in [-0.2, -0.15) is 0 Å². The molecule has 0 amide bonds. The lowest BCUT2D eigenvalue weighted by atomic mass is 9.54. The van der Waals surface area contributed by atoms with E-state index in [2.05, 4.69) is 32.3 Å². The maximum absolute atomic E-state index is 6.61. The molecule has 0 radical (unpaired) electrons. The van der Waals surface area contributed by atoms with Crippen molar-refractivity contribution in [2.75, 3.05) is 26.2 Å². The number of rotatable bonds is 8. The third-order valence-electron chi connectivity index (χ3n) is 4.44. The molecule has 0 spiro atoms. The zero-order valence-corrected chi connectivity index (χ0v) is 12.5. The van der Waals surface area contributed by atoms with Crippen LogP contribution in [0.1, 0.15) is 40.5 Å². The molecule has 0 aromatic carbocycles. The Morgan fingerprint density at radius 3 is 2.56 bits per heavy atom. The van der Waals surface area contributed by atoms with E-state index in [0.717, 1.165) is 39.1 Å². The first-order chi connectivity index (χ1) is 8.41. The molecule has 0 bridgehead atoms. The van der Waals surface area contributed by atoms with Gasteiger partial charge in [0.25, 0.3) is 0 Å². The van der Waals surface area contributed by atoms with Gasteiger partial charge in [0.2, 0.25) is 0 Å². The topological polar surface area (TPSA) is 38.5 Å². The summed E-state index contributed by atoms with van der Waals surface area (Å²) in [6, 6.07) is 0. The molecule has 1 saturated carbocycles. The molecule has 1 aliphatic rings. The molecule has 0 aromatic rings. The fourth-order valence-corrected chi connectivity index (χ4v) is 2.91. The zero-order chi connectivity index (χ0) is 13.8. The van der Waals surface area contributed by atoms with Crippen LogP contribution in [0.25, 0.3) is 0 Å². The van der Waals surface area contributed by atoms with E-state index in [1.165, 1.54) is 0 Å². The zero-order valence-electron chi connectivity index (χ0n) is 12.5. The number of ether oxygens (including phenoxy) is 1. The number of hydrogen-bond acceptors (Lipinski definition) is 3. The summed E-state index contributed by atoms with van der Waals surface area (Å²) in [5, 5.41) is 0. The third kappa shape index (κ3) is 2.95. The predicted molar refractivity (Wildman–Crippen MR) is 77.7 cm³/mol. The van der Waals surface area contributed by atoms with Crippen LogP contribution in [-0.4, -0.2) is 42.8 Å². The fraction of sp³-hybridized carbons (Fsp3) is 0.867. The van der Waals surface area contributed by atoms with Crippen molar-refractivity contribution in [2.24, 2.45) is 11.1 Å². The highest BCUT2D eigenvalue weighted by atomic mass is 16.5. The van der Waals surface area contributed by atoms with Gasteiger partial charge in [0, 0.05) is 30.7 Å². The lowest BCUT2D eigenvalue weighted by Crippen LogP contribution is -2.73. The van der Waals surface area contributed by atoms with E-state index in [0.29, 0.717) is 6.10 Å². The molecule has 1 rings (SSSR count). The molecule has 106 valence electrons. The van der Waals surface area contributed by atoms with Gasteiger partial charge in [-0.15, -0.1) is 6.58 Å². The minimum atomic E-state index is -0.134. The fourth-order valence-electron chi connectivity index (χ4n) is 2.91. The van der Waals surface area contributed by atoms with Gasteiger partial charge in [-0.1, -0.05) is 26.8 Å². The van der Waals surface area contributed by atoms with Crippen LogP contribution in [0.3, 0.4) is 0 Å². The second kappa shape index (κ2) is 6.18. The van der Waals surface area contributed by atoms with Crippen molar-refractivity contribution < 1.29 is 4.74 Å². The summed E-state index contributed by atoms with van der Waals surface area (Å²) in [6.45, 7) is 16.3. The van der Waals surface area contributed by atoms with Crippen molar-refractivity contribution >= 4 is 0 Å². The Bertz CT molecular complexity index is 278. The average Bonchev–Trinajstić information content (AvgIpc) is 2.29. The molecule has 0 saturated heterocycles. The first-order valence-electron chi connectivity index (χ1n) is 7.15. The predicted octanol–water partition coefficient (Wildman–Crippen LogP) is 2.42. The number of hydrogen-bond donors (Lipinski definition) is 1. The van der Waals surface area contributed by atoms with Crippen molar-refractivity contribution in [3.8, 4) is 0 Å². The molecule has 18 heavy (non-hydrogen) atoms. The van der Waals surface area contributed by atoms with Gasteiger partial charge in [0.05, 0.1) is 6.10 Å². The highest BCUT2D eigenvalue weighted by Crippen LogP contribution is 2.50. The monoisotopic (exact) mass is 254 g/mol. The van der Waals surface area contributed by atoms with Crippen molar-refractivity contribution in [1.29, 1.82) is 0 Å². The van der Waals surface area contributed by atoms with Gasteiger partial charge >= 0.3 is 0 Å². The summed E-state index contributed by atoms with van der Waals surface area (Å²) >= 11 is 0. The SMILES string of the molecule is C=CCN(CCC)CC1(N)CC(OCC)C1(C)C.